The molecule has 0 aliphatic rings. The molecule has 0 saturated carbocycles. The first kappa shape index (κ1) is 19.8. The molecule has 0 aromatic rings. The summed E-state index contributed by atoms with van der Waals surface area (Å²) >= 11 is 10.3. The van der Waals surface area contributed by atoms with Gasteiger partial charge in [0.05, 0.1) is 52.9 Å². The van der Waals surface area contributed by atoms with Gasteiger partial charge in [-0.05, 0) is 23.2 Å². The van der Waals surface area contributed by atoms with Crippen LogP contribution in [0.1, 0.15) is 12.8 Å². The van der Waals surface area contributed by atoms with Crippen molar-refractivity contribution in [3.8, 4) is 0 Å². The van der Waals surface area contributed by atoms with E-state index in [4.69, 9.17) is 42.1 Å². The maximum Gasteiger partial charge on any atom is 0.223 e. The predicted octanol–water partition coefficient (Wildman–Crippen LogP) is 1.36. The highest BCUT2D eigenvalue weighted by Gasteiger charge is 1.97. The van der Waals surface area contributed by atoms with Crippen molar-refractivity contribution in [1.82, 2.24) is 0 Å². The quantitative estimate of drug-likeness (QED) is 0.333. The lowest BCUT2D eigenvalue weighted by Gasteiger charge is -2.06. The van der Waals surface area contributed by atoms with Gasteiger partial charge in [-0.3, -0.25) is 9.59 Å². The summed E-state index contributed by atoms with van der Waals surface area (Å²) in [5.74, 6) is 0. The summed E-state index contributed by atoms with van der Waals surface area (Å²) in [5.41, 5.74) is 0. The second kappa shape index (κ2) is 15.2. The van der Waals surface area contributed by atoms with Crippen LogP contribution >= 0.6 is 23.2 Å². The topological polar surface area (TPSA) is 71.1 Å². The summed E-state index contributed by atoms with van der Waals surface area (Å²) in [6.07, 6.45) is 0.417. The van der Waals surface area contributed by atoms with Crippen molar-refractivity contribution in [2.45, 2.75) is 12.8 Å². The fourth-order valence-electron chi connectivity index (χ4n) is 1.07. The molecule has 0 aliphatic carbocycles. The highest BCUT2D eigenvalue weighted by atomic mass is 35.5. The molecule has 0 fully saturated rings. The molecule has 0 N–H and O–H groups in total. The standard InChI is InChI=1S/C12H20Cl2O6/c13-11(15)1-3-17-5-7-19-9-10-20-8-6-18-4-2-12(14)16/h1-10H2. The van der Waals surface area contributed by atoms with Crippen LogP contribution < -0.4 is 0 Å². The van der Waals surface area contributed by atoms with Crippen LogP contribution in [0.4, 0.5) is 0 Å². The van der Waals surface area contributed by atoms with E-state index in [0.29, 0.717) is 52.9 Å². The first-order valence-corrected chi connectivity index (χ1v) is 7.06. The van der Waals surface area contributed by atoms with Crippen LogP contribution in [-0.4, -0.2) is 63.3 Å². The average molecular weight is 331 g/mol. The fourth-order valence-corrected chi connectivity index (χ4v) is 1.22. The van der Waals surface area contributed by atoms with Crippen LogP contribution in [0.3, 0.4) is 0 Å². The van der Waals surface area contributed by atoms with Crippen molar-refractivity contribution in [2.75, 3.05) is 52.9 Å². The van der Waals surface area contributed by atoms with E-state index < -0.39 is 10.5 Å². The van der Waals surface area contributed by atoms with Gasteiger partial charge < -0.3 is 18.9 Å². The lowest BCUT2D eigenvalue weighted by atomic mass is 10.5. The Morgan fingerprint density at radius 3 is 1.05 bits per heavy atom. The van der Waals surface area contributed by atoms with Crippen molar-refractivity contribution in [3.63, 3.8) is 0 Å². The zero-order valence-corrected chi connectivity index (χ0v) is 12.8. The highest BCUT2D eigenvalue weighted by molar-refractivity contribution is 6.63. The Kier molecular flexibility index (Phi) is 15.0. The molecule has 0 amide bonds. The zero-order chi connectivity index (χ0) is 15.1. The van der Waals surface area contributed by atoms with Crippen LogP contribution in [0, 0.1) is 0 Å². The molecule has 118 valence electrons. The molecule has 0 bridgehead atoms. The molecule has 0 saturated heterocycles. The van der Waals surface area contributed by atoms with Crippen LogP contribution in [0.25, 0.3) is 0 Å². The minimum absolute atomic E-state index is 0.208. The Hall–Kier alpha value is -0.240. The van der Waals surface area contributed by atoms with E-state index in [2.05, 4.69) is 0 Å². The Bertz CT molecular complexity index is 236. The second-order valence-electron chi connectivity index (χ2n) is 3.66. The molecule has 0 unspecified atom stereocenters. The highest BCUT2D eigenvalue weighted by Crippen LogP contribution is 1.90. The normalized spacial score (nSPS) is 10.7. The molecule has 0 rings (SSSR count). The number of rotatable bonds is 15. The van der Waals surface area contributed by atoms with Gasteiger partial charge in [0.2, 0.25) is 10.5 Å². The third-order valence-corrected chi connectivity index (χ3v) is 2.38. The first-order chi connectivity index (χ1) is 9.63. The molecule has 0 aliphatic heterocycles. The van der Waals surface area contributed by atoms with Crippen molar-refractivity contribution < 1.29 is 28.5 Å². The molecular formula is C12H20Cl2O6. The predicted molar refractivity (Wildman–Crippen MR) is 74.2 cm³/mol. The second-order valence-corrected chi connectivity index (χ2v) is 4.50. The van der Waals surface area contributed by atoms with Gasteiger partial charge in [0.1, 0.15) is 0 Å². The molecule has 6 nitrogen and oxygen atoms in total. The Balaban J connectivity index is 2.99. The number of carbonyl (C=O) groups excluding carboxylic acids is 2. The molecule has 0 atom stereocenters. The number of hydrogen-bond acceptors (Lipinski definition) is 6. The maximum atomic E-state index is 10.4. The van der Waals surface area contributed by atoms with Gasteiger partial charge in [0.15, 0.2) is 0 Å². The first-order valence-electron chi connectivity index (χ1n) is 6.30. The van der Waals surface area contributed by atoms with Crippen LogP contribution in [0.5, 0.6) is 0 Å². The van der Waals surface area contributed by atoms with Crippen LogP contribution in [0.15, 0.2) is 0 Å². The fraction of sp³-hybridized carbons (Fsp3) is 0.833. The molecule has 0 aromatic carbocycles. The lowest BCUT2D eigenvalue weighted by molar-refractivity contribution is -0.113. The molecule has 0 aromatic heterocycles. The van der Waals surface area contributed by atoms with Crippen LogP contribution in [0.2, 0.25) is 0 Å². The molecule has 0 spiro atoms. The van der Waals surface area contributed by atoms with E-state index in [1.807, 2.05) is 0 Å². The van der Waals surface area contributed by atoms with E-state index in [0.717, 1.165) is 0 Å². The largest absolute Gasteiger partial charge is 0.379 e. The van der Waals surface area contributed by atoms with E-state index in [1.165, 1.54) is 0 Å². The average Bonchev–Trinajstić information content (AvgIpc) is 2.38. The van der Waals surface area contributed by atoms with Gasteiger partial charge >= 0.3 is 0 Å². The Labute approximate surface area is 128 Å². The number of hydrogen-bond donors (Lipinski definition) is 0. The van der Waals surface area contributed by atoms with Gasteiger partial charge in [-0.25, -0.2) is 0 Å². The van der Waals surface area contributed by atoms with E-state index in [-0.39, 0.29) is 12.8 Å². The third-order valence-electron chi connectivity index (χ3n) is 2.00. The molecule has 20 heavy (non-hydrogen) atoms. The van der Waals surface area contributed by atoms with E-state index in [1.54, 1.807) is 0 Å². The van der Waals surface area contributed by atoms with E-state index >= 15 is 0 Å². The minimum atomic E-state index is -0.406. The summed E-state index contributed by atoms with van der Waals surface area (Å²) in [6, 6.07) is 0. The molecule has 8 heteroatoms. The molecule has 0 heterocycles. The summed E-state index contributed by atoms with van der Waals surface area (Å²) in [5, 5.41) is -0.811. The van der Waals surface area contributed by atoms with Crippen molar-refractivity contribution in [2.24, 2.45) is 0 Å². The monoisotopic (exact) mass is 330 g/mol. The lowest BCUT2D eigenvalue weighted by Crippen LogP contribution is -2.12. The summed E-state index contributed by atoms with van der Waals surface area (Å²) < 4.78 is 20.7. The SMILES string of the molecule is O=C(Cl)CCOCCOCCOCCOCCC(=O)Cl. The van der Waals surface area contributed by atoms with Gasteiger partial charge in [-0.15, -0.1) is 0 Å². The van der Waals surface area contributed by atoms with Crippen molar-refractivity contribution in [1.29, 1.82) is 0 Å². The van der Waals surface area contributed by atoms with Gasteiger partial charge in [0.25, 0.3) is 0 Å². The third kappa shape index (κ3) is 17.8. The van der Waals surface area contributed by atoms with Crippen molar-refractivity contribution >= 4 is 33.7 Å². The molecular weight excluding hydrogens is 311 g/mol. The van der Waals surface area contributed by atoms with E-state index in [9.17, 15) is 9.59 Å². The number of ether oxygens (including phenoxy) is 4. The molecule has 0 radical (unpaired) electrons. The maximum absolute atomic E-state index is 10.4. The van der Waals surface area contributed by atoms with Crippen molar-refractivity contribution in [3.05, 3.63) is 0 Å². The minimum Gasteiger partial charge on any atom is -0.379 e. The van der Waals surface area contributed by atoms with Gasteiger partial charge in [-0.2, -0.15) is 0 Å². The van der Waals surface area contributed by atoms with Crippen LogP contribution in [-0.2, 0) is 28.5 Å². The van der Waals surface area contributed by atoms with Gasteiger partial charge in [-0.1, -0.05) is 0 Å². The van der Waals surface area contributed by atoms with Gasteiger partial charge in [0, 0.05) is 12.8 Å². The summed E-state index contributed by atoms with van der Waals surface area (Å²) in [6.45, 7) is 3.24. The number of carbonyl (C=O) groups is 2. The zero-order valence-electron chi connectivity index (χ0n) is 11.3. The summed E-state index contributed by atoms with van der Waals surface area (Å²) in [7, 11) is 0. The Morgan fingerprint density at radius 2 is 0.800 bits per heavy atom. The number of halogens is 2. The smallest absolute Gasteiger partial charge is 0.223 e. The Morgan fingerprint density at radius 1 is 0.550 bits per heavy atom. The summed E-state index contributed by atoms with van der Waals surface area (Å²) in [4.78, 5) is 20.8.